The van der Waals surface area contributed by atoms with Gasteiger partial charge in [0.25, 0.3) is 0 Å². The number of carbonyl (C=O) groups excluding carboxylic acids is 2. The Morgan fingerprint density at radius 3 is 1.97 bits per heavy atom. The molecule has 0 aliphatic heterocycles. The van der Waals surface area contributed by atoms with Gasteiger partial charge >= 0.3 is 17.9 Å². The van der Waals surface area contributed by atoms with E-state index in [1.54, 1.807) is 38.1 Å². The maximum atomic E-state index is 12.5. The molecule has 1 atom stereocenters. The van der Waals surface area contributed by atoms with E-state index in [0.29, 0.717) is 34.1 Å². The van der Waals surface area contributed by atoms with E-state index in [9.17, 15) is 19.5 Å². The first-order valence-corrected chi connectivity index (χ1v) is 12.3. The highest BCUT2D eigenvalue weighted by molar-refractivity contribution is 5.98. The van der Waals surface area contributed by atoms with Crippen LogP contribution in [0.15, 0.2) is 24.3 Å². The maximum Gasteiger partial charge on any atom is 0.338 e. The van der Waals surface area contributed by atoms with Crippen LogP contribution in [0.5, 0.6) is 28.7 Å². The Morgan fingerprint density at radius 1 is 0.795 bits per heavy atom. The number of carboxylic acids is 1. The van der Waals surface area contributed by atoms with Gasteiger partial charge in [0.15, 0.2) is 16.9 Å². The molecule has 11 heteroatoms. The first kappa shape index (κ1) is 31.1. The van der Waals surface area contributed by atoms with Gasteiger partial charge in [-0.25, -0.2) is 4.79 Å². The number of hydrogen-bond donors (Lipinski definition) is 1. The van der Waals surface area contributed by atoms with E-state index >= 15 is 0 Å². The predicted molar refractivity (Wildman–Crippen MR) is 141 cm³/mol. The summed E-state index contributed by atoms with van der Waals surface area (Å²) in [6.45, 7) is 4.99. The normalized spacial score (nSPS) is 12.1. The van der Waals surface area contributed by atoms with Crippen molar-refractivity contribution in [2.45, 2.75) is 33.6 Å². The molecule has 0 heterocycles. The average molecular weight is 549 g/mol. The largest absolute Gasteiger partial charge is 0.493 e. The Labute approximate surface area is 227 Å². The number of ether oxygens (including phenoxy) is 7. The van der Waals surface area contributed by atoms with Crippen LogP contribution in [-0.4, -0.2) is 71.3 Å². The van der Waals surface area contributed by atoms with Crippen molar-refractivity contribution in [1.82, 2.24) is 0 Å². The van der Waals surface area contributed by atoms with Gasteiger partial charge in [-0.3, -0.25) is 9.59 Å². The fourth-order valence-corrected chi connectivity index (χ4v) is 3.93. The molecule has 0 saturated heterocycles. The zero-order chi connectivity index (χ0) is 29.2. The average Bonchev–Trinajstić information content (AvgIpc) is 2.93. The number of esters is 2. The number of carboxylic acid groups (broad SMARTS) is 1. The fourth-order valence-electron chi connectivity index (χ4n) is 3.93. The number of benzene rings is 2. The lowest BCUT2D eigenvalue weighted by Crippen LogP contribution is -2.38. The van der Waals surface area contributed by atoms with Gasteiger partial charge in [0, 0.05) is 11.1 Å². The van der Waals surface area contributed by atoms with Crippen molar-refractivity contribution in [2.24, 2.45) is 5.41 Å². The summed E-state index contributed by atoms with van der Waals surface area (Å²) in [5.74, 6) is -0.995. The summed E-state index contributed by atoms with van der Waals surface area (Å²) in [4.78, 5) is 36.6. The van der Waals surface area contributed by atoms with E-state index in [0.717, 1.165) is 0 Å². The Hall–Kier alpha value is -4.15. The minimum Gasteiger partial charge on any atom is -0.493 e. The molecule has 39 heavy (non-hydrogen) atoms. The monoisotopic (exact) mass is 548 g/mol. The number of carbonyl (C=O) groups is 3. The molecule has 1 unspecified atom stereocenters. The molecule has 0 bridgehead atoms. The van der Waals surface area contributed by atoms with Crippen molar-refractivity contribution >= 4 is 17.9 Å². The van der Waals surface area contributed by atoms with E-state index < -0.39 is 23.3 Å². The summed E-state index contributed by atoms with van der Waals surface area (Å²) in [6, 6.07) is 6.42. The molecule has 0 saturated carbocycles. The van der Waals surface area contributed by atoms with Crippen molar-refractivity contribution in [3.8, 4) is 39.9 Å². The van der Waals surface area contributed by atoms with E-state index in [-0.39, 0.29) is 44.0 Å². The zero-order valence-corrected chi connectivity index (χ0v) is 23.4. The summed E-state index contributed by atoms with van der Waals surface area (Å²) in [7, 11) is 5.86. The van der Waals surface area contributed by atoms with Crippen LogP contribution in [0.1, 0.15) is 44.0 Å². The second-order valence-electron chi connectivity index (χ2n) is 8.47. The second-order valence-corrected chi connectivity index (χ2v) is 8.47. The third-order valence-electron chi connectivity index (χ3n) is 6.05. The molecule has 0 fully saturated rings. The Balaban J connectivity index is 2.53. The highest BCUT2D eigenvalue weighted by atomic mass is 16.6. The maximum absolute atomic E-state index is 12.5. The molecule has 2 aromatic carbocycles. The molecule has 2 aromatic rings. The van der Waals surface area contributed by atoms with Gasteiger partial charge in [-0.1, -0.05) is 0 Å². The molecule has 0 spiro atoms. The van der Waals surface area contributed by atoms with Crippen LogP contribution in [0.25, 0.3) is 11.1 Å². The van der Waals surface area contributed by atoms with Crippen molar-refractivity contribution in [3.63, 3.8) is 0 Å². The summed E-state index contributed by atoms with van der Waals surface area (Å²) in [6.07, 6.45) is 0.220. The van der Waals surface area contributed by atoms with Crippen LogP contribution >= 0.6 is 0 Å². The van der Waals surface area contributed by atoms with Crippen molar-refractivity contribution in [2.75, 3.05) is 48.3 Å². The lowest BCUT2D eigenvalue weighted by Gasteiger charge is -2.23. The van der Waals surface area contributed by atoms with Crippen LogP contribution in [0, 0.1) is 5.41 Å². The number of aliphatic carboxylic acids is 1. The Kier molecular flexibility index (Phi) is 11.3. The third kappa shape index (κ3) is 6.84. The molecule has 11 nitrogen and oxygen atoms in total. The van der Waals surface area contributed by atoms with Gasteiger partial charge < -0.3 is 38.3 Å². The lowest BCUT2D eigenvalue weighted by atomic mass is 9.85. The first-order valence-electron chi connectivity index (χ1n) is 12.3. The first-order chi connectivity index (χ1) is 18.6. The standard InChI is InChI=1S/C28H36O11/c1-8-37-25(29)17-11-12-20(39-14-10-13-28(3,26(30)31)27(32)38-9-2)18(15-17)19-16-21(33-4)23(35-6)24(36-7)22(19)34-5/h11-12,15-16H,8-10,13-14H2,1-7H3,(H,30,31). The van der Waals surface area contributed by atoms with Crippen molar-refractivity contribution in [1.29, 1.82) is 0 Å². The smallest absolute Gasteiger partial charge is 0.338 e. The molecule has 2 rings (SSSR count). The van der Waals surface area contributed by atoms with Crippen molar-refractivity contribution in [3.05, 3.63) is 29.8 Å². The number of hydrogen-bond acceptors (Lipinski definition) is 10. The minimum atomic E-state index is -1.71. The van der Waals surface area contributed by atoms with Crippen LogP contribution in [0.2, 0.25) is 0 Å². The molecular weight excluding hydrogens is 512 g/mol. The zero-order valence-electron chi connectivity index (χ0n) is 23.4. The van der Waals surface area contributed by atoms with E-state index in [4.69, 9.17) is 33.2 Å². The van der Waals surface area contributed by atoms with Crippen LogP contribution < -0.4 is 23.7 Å². The van der Waals surface area contributed by atoms with Gasteiger partial charge in [0.2, 0.25) is 11.5 Å². The molecule has 0 aromatic heterocycles. The SMILES string of the molecule is CCOC(=O)c1ccc(OCCCC(C)(C(=O)O)C(=O)OCC)c(-c2cc(OC)c(OC)c(OC)c2OC)c1. The summed E-state index contributed by atoms with van der Waals surface area (Å²) < 4.78 is 38.3. The highest BCUT2D eigenvalue weighted by Gasteiger charge is 2.42. The molecule has 0 amide bonds. The molecule has 0 aliphatic rings. The van der Waals surface area contributed by atoms with Gasteiger partial charge in [0.05, 0.1) is 53.8 Å². The summed E-state index contributed by atoms with van der Waals surface area (Å²) >= 11 is 0. The molecule has 0 aliphatic carbocycles. The Morgan fingerprint density at radius 2 is 1.44 bits per heavy atom. The second kappa shape index (κ2) is 14.1. The molecule has 1 N–H and O–H groups in total. The highest BCUT2D eigenvalue weighted by Crippen LogP contribution is 2.51. The van der Waals surface area contributed by atoms with E-state index in [2.05, 4.69) is 0 Å². The predicted octanol–water partition coefficient (Wildman–Crippen LogP) is 4.38. The van der Waals surface area contributed by atoms with E-state index in [1.165, 1.54) is 35.4 Å². The van der Waals surface area contributed by atoms with Gasteiger partial charge in [0.1, 0.15) is 5.75 Å². The van der Waals surface area contributed by atoms with Crippen LogP contribution in [0.3, 0.4) is 0 Å². The van der Waals surface area contributed by atoms with E-state index in [1.807, 2.05) is 0 Å². The topological polar surface area (TPSA) is 136 Å². The van der Waals surface area contributed by atoms with Crippen LogP contribution in [-0.2, 0) is 19.1 Å². The molecular formula is C28H36O11. The minimum absolute atomic E-state index is 0.00902. The summed E-state index contributed by atoms with van der Waals surface area (Å²) in [5, 5.41) is 9.63. The quantitative estimate of drug-likeness (QED) is 0.193. The fraction of sp³-hybridized carbons (Fsp3) is 0.464. The number of rotatable bonds is 15. The Bertz CT molecular complexity index is 1170. The van der Waals surface area contributed by atoms with Crippen LogP contribution in [0.4, 0.5) is 0 Å². The third-order valence-corrected chi connectivity index (χ3v) is 6.05. The van der Waals surface area contributed by atoms with Gasteiger partial charge in [-0.05, 0) is 57.9 Å². The van der Waals surface area contributed by atoms with Gasteiger partial charge in [-0.15, -0.1) is 0 Å². The lowest BCUT2D eigenvalue weighted by molar-refractivity contribution is -0.167. The number of methoxy groups -OCH3 is 4. The van der Waals surface area contributed by atoms with Gasteiger partial charge in [-0.2, -0.15) is 0 Å². The summed E-state index contributed by atoms with van der Waals surface area (Å²) in [5.41, 5.74) is -0.496. The molecule has 214 valence electrons. The molecule has 0 radical (unpaired) electrons. The van der Waals surface area contributed by atoms with Crippen molar-refractivity contribution < 1.29 is 52.6 Å².